The van der Waals surface area contributed by atoms with Gasteiger partial charge < -0.3 is 29.3 Å². The molecule has 2 aromatic rings. The quantitative estimate of drug-likeness (QED) is 0.321. The minimum atomic E-state index is -1.61. The van der Waals surface area contributed by atoms with Gasteiger partial charge in [0.1, 0.15) is 0 Å². The molecular weight excluding hydrogens is 518 g/mol. The summed E-state index contributed by atoms with van der Waals surface area (Å²) in [4.78, 5) is 18.3. The average molecular weight is 562 g/mol. The normalized spacial score (nSPS) is 21.9. The number of anilines is 1. The molecule has 0 spiro atoms. The van der Waals surface area contributed by atoms with Gasteiger partial charge in [0.15, 0.2) is 11.1 Å². The molecule has 2 fully saturated rings. The number of hydrogen-bond acceptors (Lipinski definition) is 7. The van der Waals surface area contributed by atoms with E-state index in [0.717, 1.165) is 44.2 Å². The van der Waals surface area contributed by atoms with Crippen LogP contribution < -0.4 is 15.7 Å². The van der Waals surface area contributed by atoms with E-state index in [2.05, 4.69) is 31.1 Å². The number of ether oxygens (including phenoxy) is 2. The Labute approximate surface area is 233 Å². The van der Waals surface area contributed by atoms with Gasteiger partial charge in [0.25, 0.3) is 0 Å². The zero-order valence-corrected chi connectivity index (χ0v) is 23.9. The molecule has 4 rings (SSSR count). The summed E-state index contributed by atoms with van der Waals surface area (Å²) in [5.74, 6) is 1.32. The second kappa shape index (κ2) is 14.8. The number of carboxylic acid groups (broad SMARTS) is 1. The number of hydrogen-bond donors (Lipinski definition) is 3. The molecule has 1 aromatic heterocycles. The Morgan fingerprint density at radius 3 is 2.74 bits per heavy atom. The summed E-state index contributed by atoms with van der Waals surface area (Å²) in [7, 11) is 1.69. The minimum absolute atomic E-state index is 0.0130. The Bertz CT molecular complexity index is 1090. The number of H-pyrrole nitrogens is 1. The van der Waals surface area contributed by atoms with E-state index in [-0.39, 0.29) is 30.7 Å². The van der Waals surface area contributed by atoms with Gasteiger partial charge in [-0.2, -0.15) is 0 Å². The Hall–Kier alpha value is -2.47. The molecule has 0 bridgehead atoms. The first-order chi connectivity index (χ1) is 18.9. The fourth-order valence-electron chi connectivity index (χ4n) is 5.85. The van der Waals surface area contributed by atoms with Crippen molar-refractivity contribution in [2.45, 2.75) is 76.5 Å². The summed E-state index contributed by atoms with van der Waals surface area (Å²) in [6.07, 6.45) is 7.53. The minimum Gasteiger partial charge on any atom is -0.548 e. The molecule has 5 atom stereocenters. The SMILES string of the molecule is CO[C@@H](C)COC(c1ccccc1)C1CCCN(c2n[s+]([O-])[nH]c2=NC(CNC(=O)O)CC2CCCCC2)C1. The molecule has 11 heteroatoms. The predicted molar refractivity (Wildman–Crippen MR) is 150 cm³/mol. The maximum Gasteiger partial charge on any atom is 0.404 e. The zero-order valence-electron chi connectivity index (χ0n) is 23.1. The van der Waals surface area contributed by atoms with Gasteiger partial charge in [0.05, 0.1) is 24.9 Å². The lowest BCUT2D eigenvalue weighted by molar-refractivity contribution is -0.0461. The van der Waals surface area contributed by atoms with E-state index in [1.807, 2.05) is 25.1 Å². The van der Waals surface area contributed by atoms with Crippen LogP contribution >= 0.6 is 11.1 Å². The van der Waals surface area contributed by atoms with Crippen LogP contribution in [0.1, 0.15) is 70.0 Å². The first-order valence-corrected chi connectivity index (χ1v) is 15.3. The Morgan fingerprint density at radius 1 is 1.26 bits per heavy atom. The van der Waals surface area contributed by atoms with Gasteiger partial charge in [-0.3, -0.25) is 4.99 Å². The molecule has 1 aliphatic carbocycles. The molecule has 1 amide bonds. The molecule has 0 radical (unpaired) electrons. The highest BCUT2D eigenvalue weighted by Crippen LogP contribution is 2.34. The van der Waals surface area contributed by atoms with Crippen LogP contribution in [0.3, 0.4) is 0 Å². The van der Waals surface area contributed by atoms with Crippen molar-refractivity contribution in [2.24, 2.45) is 16.8 Å². The van der Waals surface area contributed by atoms with Crippen molar-refractivity contribution in [1.29, 1.82) is 0 Å². The van der Waals surface area contributed by atoms with Crippen molar-refractivity contribution in [3.8, 4) is 0 Å². The van der Waals surface area contributed by atoms with Gasteiger partial charge in [0, 0.05) is 37.0 Å². The lowest BCUT2D eigenvalue weighted by Gasteiger charge is -2.37. The highest BCUT2D eigenvalue weighted by atomic mass is 32.2. The van der Waals surface area contributed by atoms with Crippen molar-refractivity contribution in [1.82, 2.24) is 14.1 Å². The first-order valence-electron chi connectivity index (χ1n) is 14.2. The Balaban J connectivity index is 1.56. The highest BCUT2D eigenvalue weighted by Gasteiger charge is 2.32. The molecule has 1 aromatic carbocycles. The third-order valence-electron chi connectivity index (χ3n) is 7.92. The standard InChI is InChI=1S/C28H43N5O5S/c1-20(37-2)19-38-25(22-12-7-4-8-13-22)23-14-9-15-33(18-23)27-26(31-39(36)32-27)30-24(17-29-28(34)35)16-21-10-5-3-6-11-21/h4,7-8,12-13,20-21,23-25,29H,3,5-6,9-11,14-19H2,1-2H3,(H,30,31)(H,34,35)/t20-,23?,24?,25?,39?/m0/s1. The third-order valence-corrected chi connectivity index (χ3v) is 8.63. The molecule has 2 heterocycles. The van der Waals surface area contributed by atoms with Crippen LogP contribution in [0.15, 0.2) is 35.3 Å². The van der Waals surface area contributed by atoms with Crippen LogP contribution in [0.4, 0.5) is 10.6 Å². The van der Waals surface area contributed by atoms with Gasteiger partial charge in [-0.15, -0.1) is 4.37 Å². The van der Waals surface area contributed by atoms with E-state index in [1.54, 1.807) is 7.11 Å². The maximum atomic E-state index is 12.5. The number of nitrogens with one attached hydrogen (secondary N) is 2. The number of rotatable bonds is 12. The Kier molecular flexibility index (Phi) is 11.2. The van der Waals surface area contributed by atoms with E-state index in [0.29, 0.717) is 30.4 Å². The van der Waals surface area contributed by atoms with Crippen molar-refractivity contribution in [3.63, 3.8) is 0 Å². The molecule has 39 heavy (non-hydrogen) atoms. The van der Waals surface area contributed by atoms with Crippen LogP contribution in [0, 0.1) is 11.8 Å². The van der Waals surface area contributed by atoms with Crippen LogP contribution in [0.25, 0.3) is 0 Å². The largest absolute Gasteiger partial charge is 0.548 e. The van der Waals surface area contributed by atoms with E-state index in [4.69, 9.17) is 14.5 Å². The Morgan fingerprint density at radius 2 is 2.03 bits per heavy atom. The molecular formula is C28H43N5O5S. The summed E-state index contributed by atoms with van der Waals surface area (Å²) in [5, 5.41) is 11.7. The number of carbonyl (C=O) groups is 1. The molecule has 3 N–H and O–H groups in total. The van der Waals surface area contributed by atoms with Gasteiger partial charge in [-0.05, 0) is 37.7 Å². The number of piperidine rings is 1. The highest BCUT2D eigenvalue weighted by molar-refractivity contribution is 7.13. The predicted octanol–water partition coefficient (Wildman–Crippen LogP) is 4.65. The van der Waals surface area contributed by atoms with Crippen molar-refractivity contribution >= 4 is 23.1 Å². The fraction of sp³-hybridized carbons (Fsp3) is 0.679. The van der Waals surface area contributed by atoms with Gasteiger partial charge in [0.2, 0.25) is 11.3 Å². The number of amides is 1. The van der Waals surface area contributed by atoms with Crippen molar-refractivity contribution in [2.75, 3.05) is 38.3 Å². The molecule has 4 unspecified atom stereocenters. The monoisotopic (exact) mass is 561 g/mol. The number of aromatic amines is 1. The second-order valence-corrected chi connectivity index (χ2v) is 11.8. The summed E-state index contributed by atoms with van der Waals surface area (Å²) in [6, 6.07) is 10.0. The summed E-state index contributed by atoms with van der Waals surface area (Å²) >= 11 is -1.61. The third kappa shape index (κ3) is 8.76. The van der Waals surface area contributed by atoms with Crippen molar-refractivity contribution in [3.05, 3.63) is 41.4 Å². The maximum absolute atomic E-state index is 12.5. The number of benzene rings is 1. The van der Waals surface area contributed by atoms with Crippen LogP contribution in [-0.2, 0) is 9.47 Å². The molecule has 216 valence electrons. The average Bonchev–Trinajstić information content (AvgIpc) is 3.32. The van der Waals surface area contributed by atoms with Gasteiger partial charge in [-0.1, -0.05) is 62.4 Å². The fourth-order valence-corrected chi connectivity index (χ4v) is 6.56. The molecule has 1 aliphatic heterocycles. The number of nitrogens with zero attached hydrogens (tertiary/aromatic N) is 3. The van der Waals surface area contributed by atoms with Crippen LogP contribution in [0.5, 0.6) is 0 Å². The molecule has 2 aliphatic rings. The lowest BCUT2D eigenvalue weighted by atomic mass is 9.85. The topological polar surface area (TPSA) is 135 Å². The van der Waals surface area contributed by atoms with Gasteiger partial charge in [-0.25, -0.2) is 4.79 Å². The second-order valence-electron chi connectivity index (χ2n) is 10.9. The van der Waals surface area contributed by atoms with Crippen molar-refractivity contribution < 1.29 is 23.9 Å². The van der Waals surface area contributed by atoms with Gasteiger partial charge >= 0.3 is 6.09 Å². The van der Waals surface area contributed by atoms with E-state index in [1.165, 1.54) is 19.3 Å². The molecule has 10 nitrogen and oxygen atoms in total. The van der Waals surface area contributed by atoms with E-state index in [9.17, 15) is 14.5 Å². The zero-order chi connectivity index (χ0) is 27.6. The summed E-state index contributed by atoms with van der Waals surface area (Å²) in [6.45, 7) is 4.18. The van der Waals surface area contributed by atoms with E-state index >= 15 is 0 Å². The molecule has 1 saturated carbocycles. The van der Waals surface area contributed by atoms with E-state index < -0.39 is 17.2 Å². The van der Waals surface area contributed by atoms with Crippen LogP contribution in [-0.4, -0.2) is 70.0 Å². The number of methoxy groups -OCH3 is 1. The molecule has 1 saturated heterocycles. The van der Waals surface area contributed by atoms with Crippen LogP contribution in [0.2, 0.25) is 0 Å². The smallest absolute Gasteiger partial charge is 0.404 e. The number of aromatic nitrogens is 2. The lowest BCUT2D eigenvalue weighted by Crippen LogP contribution is -2.41. The summed E-state index contributed by atoms with van der Waals surface area (Å²) in [5.41, 5.74) is 1.62. The first kappa shape index (κ1) is 29.5. The summed E-state index contributed by atoms with van der Waals surface area (Å²) < 4.78 is 31.7.